The average molecular weight is 509 g/mol. The Morgan fingerprint density at radius 2 is 1.92 bits per heavy atom. The Hall–Kier alpha value is -3.01. The number of alkyl halides is 2. The fraction of sp³-hybridized carbons (Fsp3) is 0.577. The molecule has 3 rings (SSSR count). The van der Waals surface area contributed by atoms with Crippen molar-refractivity contribution in [3.63, 3.8) is 0 Å². The van der Waals surface area contributed by atoms with E-state index < -0.39 is 18.3 Å². The van der Waals surface area contributed by atoms with E-state index in [1.54, 1.807) is 6.92 Å². The predicted molar refractivity (Wildman–Crippen MR) is 129 cm³/mol. The van der Waals surface area contributed by atoms with Gasteiger partial charge in [0.2, 0.25) is 0 Å². The Morgan fingerprint density at radius 1 is 1.19 bits per heavy atom. The number of carbonyl (C=O) groups excluding carboxylic acids is 3. The number of benzene rings is 1. The van der Waals surface area contributed by atoms with E-state index in [2.05, 4.69) is 10.2 Å². The molecular formula is C26H34F2N2O6. The largest absolute Gasteiger partial charge is 0.496 e. The number of esters is 2. The zero-order valence-corrected chi connectivity index (χ0v) is 21.1. The molecule has 0 spiro atoms. The number of likely N-dealkylation sites (tertiary alicyclic amines) is 1. The quantitative estimate of drug-likeness (QED) is 0.354. The van der Waals surface area contributed by atoms with Gasteiger partial charge in [-0.05, 0) is 58.2 Å². The summed E-state index contributed by atoms with van der Waals surface area (Å²) in [4.78, 5) is 38.7. The summed E-state index contributed by atoms with van der Waals surface area (Å²) in [5.41, 5.74) is 2.45. The van der Waals surface area contributed by atoms with Gasteiger partial charge in [0.15, 0.2) is 0 Å². The molecule has 2 heterocycles. The number of cyclic esters (lactones) is 1. The summed E-state index contributed by atoms with van der Waals surface area (Å²) in [5.74, 6) is -2.09. The second-order valence-corrected chi connectivity index (χ2v) is 9.11. The number of piperidine rings is 1. The van der Waals surface area contributed by atoms with E-state index in [0.717, 1.165) is 25.2 Å². The molecule has 198 valence electrons. The second kappa shape index (κ2) is 12.8. The first-order valence-electron chi connectivity index (χ1n) is 12.2. The van der Waals surface area contributed by atoms with Gasteiger partial charge in [-0.1, -0.05) is 18.1 Å². The minimum Gasteiger partial charge on any atom is -0.496 e. The molecule has 0 aliphatic carbocycles. The highest BCUT2D eigenvalue weighted by Gasteiger charge is 2.33. The van der Waals surface area contributed by atoms with E-state index in [1.165, 1.54) is 26.4 Å². The average Bonchev–Trinajstić information content (AvgIpc) is 3.25. The topological polar surface area (TPSA) is 94.2 Å². The van der Waals surface area contributed by atoms with Crippen molar-refractivity contribution in [1.82, 2.24) is 4.90 Å². The highest BCUT2D eigenvalue weighted by atomic mass is 19.3. The number of fused-ring (bicyclic) bond motifs is 1. The number of nitrogens with one attached hydrogen (secondary N) is 1. The van der Waals surface area contributed by atoms with E-state index in [9.17, 15) is 23.2 Å². The van der Waals surface area contributed by atoms with Gasteiger partial charge in [0.1, 0.15) is 19.0 Å². The monoisotopic (exact) mass is 508 g/mol. The maximum atomic E-state index is 13.0. The van der Waals surface area contributed by atoms with Crippen LogP contribution < -0.4 is 10.1 Å². The second-order valence-electron chi connectivity index (χ2n) is 9.11. The molecule has 0 atom stereocenters. The fourth-order valence-electron chi connectivity index (χ4n) is 4.59. The first-order valence-corrected chi connectivity index (χ1v) is 12.2. The molecule has 2 aliphatic heterocycles. The number of hydrogen-bond donors (Lipinski definition) is 1. The fourth-order valence-corrected chi connectivity index (χ4v) is 4.59. The summed E-state index contributed by atoms with van der Waals surface area (Å²) in [5, 5.41) is 2.19. The number of halogens is 2. The summed E-state index contributed by atoms with van der Waals surface area (Å²) in [6.07, 6.45) is 3.05. The molecule has 10 heteroatoms. The lowest BCUT2D eigenvalue weighted by Gasteiger charge is -2.25. The van der Waals surface area contributed by atoms with Crippen molar-refractivity contribution in [3.05, 3.63) is 33.9 Å². The third kappa shape index (κ3) is 6.81. The van der Waals surface area contributed by atoms with Crippen molar-refractivity contribution in [2.24, 2.45) is 0 Å². The maximum Gasteiger partial charge on any atom is 0.341 e. The number of ether oxygens (including phenoxy) is 3. The van der Waals surface area contributed by atoms with Crippen molar-refractivity contribution in [2.75, 3.05) is 38.7 Å². The molecule has 1 aromatic carbocycles. The lowest BCUT2D eigenvalue weighted by atomic mass is 9.93. The lowest BCUT2D eigenvalue weighted by molar-refractivity contribution is -0.144. The van der Waals surface area contributed by atoms with Gasteiger partial charge >= 0.3 is 18.4 Å². The molecule has 0 aromatic heterocycles. The van der Waals surface area contributed by atoms with E-state index in [-0.39, 0.29) is 36.7 Å². The van der Waals surface area contributed by atoms with Gasteiger partial charge in [0.25, 0.3) is 5.91 Å². The summed E-state index contributed by atoms with van der Waals surface area (Å²) >= 11 is 0. The summed E-state index contributed by atoms with van der Waals surface area (Å²) in [7, 11) is 1.44. The zero-order chi connectivity index (χ0) is 26.2. The molecule has 36 heavy (non-hydrogen) atoms. The molecule has 0 saturated carbocycles. The van der Waals surface area contributed by atoms with Crippen LogP contribution in [0.5, 0.6) is 5.75 Å². The van der Waals surface area contributed by atoms with E-state index in [1.807, 2.05) is 13.0 Å². The van der Waals surface area contributed by atoms with Gasteiger partial charge in [0, 0.05) is 24.1 Å². The molecular weight excluding hydrogens is 474 g/mol. The number of nitrogens with zero attached hydrogens (tertiary/aromatic N) is 1. The number of anilines is 1. The SMILES string of the molecule is COc1c(C)c2c(c(NC(=O)C(F)F)c1C/C=C(\C)CCC(=O)OCCN1CCCCC1)C(=O)OC2. The van der Waals surface area contributed by atoms with E-state index in [0.29, 0.717) is 35.5 Å². The number of hydrogen-bond acceptors (Lipinski definition) is 7. The minimum absolute atomic E-state index is 0.0249. The molecule has 0 bridgehead atoms. The van der Waals surface area contributed by atoms with Crippen molar-refractivity contribution in [2.45, 2.75) is 65.4 Å². The summed E-state index contributed by atoms with van der Waals surface area (Å²) in [6.45, 7) is 6.77. The third-order valence-electron chi connectivity index (χ3n) is 6.62. The van der Waals surface area contributed by atoms with Crippen LogP contribution >= 0.6 is 0 Å². The Bertz CT molecular complexity index is 1020. The van der Waals surface area contributed by atoms with Crippen LogP contribution in [-0.4, -0.2) is 62.5 Å². The number of allylic oxidation sites excluding steroid dienone is 2. The predicted octanol–water partition coefficient (Wildman–Crippen LogP) is 4.18. The van der Waals surface area contributed by atoms with E-state index >= 15 is 0 Å². The third-order valence-corrected chi connectivity index (χ3v) is 6.62. The Morgan fingerprint density at radius 3 is 2.58 bits per heavy atom. The van der Waals surface area contributed by atoms with Gasteiger partial charge in [-0.15, -0.1) is 0 Å². The molecule has 1 aromatic rings. The van der Waals surface area contributed by atoms with Gasteiger partial charge in [-0.3, -0.25) is 14.5 Å². The first kappa shape index (κ1) is 27.6. The van der Waals surface area contributed by atoms with Crippen LogP contribution in [0.25, 0.3) is 0 Å². The highest BCUT2D eigenvalue weighted by molar-refractivity contribution is 6.06. The van der Waals surface area contributed by atoms with Gasteiger partial charge < -0.3 is 19.5 Å². The Labute approximate surface area is 209 Å². The smallest absolute Gasteiger partial charge is 0.341 e. The molecule has 1 saturated heterocycles. The molecule has 2 aliphatic rings. The molecule has 1 amide bonds. The highest BCUT2D eigenvalue weighted by Crippen LogP contribution is 2.41. The zero-order valence-electron chi connectivity index (χ0n) is 21.1. The minimum atomic E-state index is -3.25. The molecule has 0 unspecified atom stereocenters. The Balaban J connectivity index is 1.68. The number of rotatable bonds is 11. The van der Waals surface area contributed by atoms with Crippen molar-refractivity contribution < 1.29 is 37.4 Å². The number of methoxy groups -OCH3 is 1. The standard InChI is InChI=1S/C26H34F2N2O6/c1-16(8-10-20(31)35-14-13-30-11-5-4-6-12-30)7-9-18-22(29-25(32)24(27)28)21-19(15-36-26(21)33)17(2)23(18)34-3/h7,24H,4-6,8-15H2,1-3H3,(H,29,32)/b16-7+. The van der Waals surface area contributed by atoms with Crippen molar-refractivity contribution in [3.8, 4) is 5.75 Å². The van der Waals surface area contributed by atoms with Crippen LogP contribution in [0.4, 0.5) is 14.5 Å². The van der Waals surface area contributed by atoms with Crippen LogP contribution in [-0.2, 0) is 32.1 Å². The van der Waals surface area contributed by atoms with Gasteiger partial charge in [-0.25, -0.2) is 4.79 Å². The lowest BCUT2D eigenvalue weighted by Crippen LogP contribution is -2.33. The van der Waals surface area contributed by atoms with Crippen LogP contribution in [0.1, 0.15) is 66.1 Å². The van der Waals surface area contributed by atoms with Crippen LogP contribution in [0.2, 0.25) is 0 Å². The molecule has 1 fully saturated rings. The number of carbonyl (C=O) groups is 3. The van der Waals surface area contributed by atoms with Crippen LogP contribution in [0, 0.1) is 6.92 Å². The maximum absolute atomic E-state index is 13.0. The Kier molecular flexibility index (Phi) is 9.81. The van der Waals surface area contributed by atoms with Crippen molar-refractivity contribution >= 4 is 23.5 Å². The summed E-state index contributed by atoms with van der Waals surface area (Å²) < 4.78 is 42.0. The van der Waals surface area contributed by atoms with Gasteiger partial charge in [0.05, 0.1) is 18.4 Å². The van der Waals surface area contributed by atoms with Crippen molar-refractivity contribution in [1.29, 1.82) is 0 Å². The molecule has 8 nitrogen and oxygen atoms in total. The molecule has 1 N–H and O–H groups in total. The van der Waals surface area contributed by atoms with E-state index in [4.69, 9.17) is 14.2 Å². The van der Waals surface area contributed by atoms with Crippen LogP contribution in [0.3, 0.4) is 0 Å². The normalized spacial score (nSPS) is 16.1. The number of amides is 1. The first-order chi connectivity index (χ1) is 17.2. The summed E-state index contributed by atoms with van der Waals surface area (Å²) in [6, 6.07) is 0. The van der Waals surface area contributed by atoms with Crippen LogP contribution in [0.15, 0.2) is 11.6 Å². The van der Waals surface area contributed by atoms with Gasteiger partial charge in [-0.2, -0.15) is 8.78 Å². The molecule has 0 radical (unpaired) electrons.